The number of nitrogens with one attached hydrogen (secondary N) is 2. The zero-order chi connectivity index (χ0) is 15.3. The number of hydrogen-bond donors (Lipinski definition) is 2. The SMILES string of the molecule is CC(C)(C)NC(=O)CNCc1ccn(-c2ccccc2)n1. The van der Waals surface area contributed by atoms with Crippen molar-refractivity contribution in [1.29, 1.82) is 0 Å². The summed E-state index contributed by atoms with van der Waals surface area (Å²) in [6.45, 7) is 6.75. The maximum absolute atomic E-state index is 11.7. The van der Waals surface area contributed by atoms with E-state index in [1.807, 2.05) is 68.0 Å². The molecule has 0 saturated carbocycles. The molecular weight excluding hydrogens is 264 g/mol. The lowest BCUT2D eigenvalue weighted by Crippen LogP contribution is -2.44. The number of amides is 1. The minimum absolute atomic E-state index is 0.00927. The maximum atomic E-state index is 11.7. The van der Waals surface area contributed by atoms with Crippen LogP contribution in [0.15, 0.2) is 42.6 Å². The van der Waals surface area contributed by atoms with Crippen molar-refractivity contribution in [3.8, 4) is 5.69 Å². The summed E-state index contributed by atoms with van der Waals surface area (Å²) in [4.78, 5) is 11.7. The molecule has 0 spiro atoms. The van der Waals surface area contributed by atoms with Gasteiger partial charge in [0.1, 0.15) is 0 Å². The molecule has 0 aliphatic carbocycles. The molecule has 2 aromatic rings. The van der Waals surface area contributed by atoms with Crippen LogP contribution < -0.4 is 10.6 Å². The lowest BCUT2D eigenvalue weighted by atomic mass is 10.1. The molecule has 2 N–H and O–H groups in total. The maximum Gasteiger partial charge on any atom is 0.234 e. The van der Waals surface area contributed by atoms with Crippen molar-refractivity contribution < 1.29 is 4.79 Å². The van der Waals surface area contributed by atoms with Gasteiger partial charge < -0.3 is 10.6 Å². The largest absolute Gasteiger partial charge is 0.350 e. The zero-order valence-electron chi connectivity index (χ0n) is 12.8. The topological polar surface area (TPSA) is 59.0 Å². The Morgan fingerprint density at radius 1 is 1.19 bits per heavy atom. The molecule has 5 nitrogen and oxygen atoms in total. The predicted octanol–water partition coefficient (Wildman–Crippen LogP) is 1.88. The molecule has 0 aliphatic rings. The summed E-state index contributed by atoms with van der Waals surface area (Å²) in [6, 6.07) is 11.9. The van der Waals surface area contributed by atoms with Gasteiger partial charge in [0, 0.05) is 18.3 Å². The van der Waals surface area contributed by atoms with Crippen LogP contribution in [-0.2, 0) is 11.3 Å². The fourth-order valence-electron chi connectivity index (χ4n) is 1.95. The van der Waals surface area contributed by atoms with E-state index >= 15 is 0 Å². The highest BCUT2D eigenvalue weighted by Gasteiger charge is 2.13. The van der Waals surface area contributed by atoms with Crippen molar-refractivity contribution in [2.75, 3.05) is 6.54 Å². The van der Waals surface area contributed by atoms with Crippen molar-refractivity contribution in [3.05, 3.63) is 48.3 Å². The molecule has 5 heteroatoms. The third kappa shape index (κ3) is 5.04. The van der Waals surface area contributed by atoms with E-state index in [1.54, 1.807) is 0 Å². The first-order chi connectivity index (χ1) is 9.94. The van der Waals surface area contributed by atoms with Crippen molar-refractivity contribution in [2.45, 2.75) is 32.9 Å². The van der Waals surface area contributed by atoms with Gasteiger partial charge in [0.25, 0.3) is 0 Å². The second kappa shape index (κ2) is 6.54. The molecule has 0 fully saturated rings. The van der Waals surface area contributed by atoms with Crippen molar-refractivity contribution in [3.63, 3.8) is 0 Å². The van der Waals surface area contributed by atoms with Crippen LogP contribution in [0.1, 0.15) is 26.5 Å². The molecule has 1 aromatic heterocycles. The molecule has 0 bridgehead atoms. The fraction of sp³-hybridized carbons (Fsp3) is 0.375. The Labute approximate surface area is 125 Å². The summed E-state index contributed by atoms with van der Waals surface area (Å²) >= 11 is 0. The van der Waals surface area contributed by atoms with Gasteiger partial charge in [-0.1, -0.05) is 18.2 Å². The third-order valence-electron chi connectivity index (χ3n) is 2.77. The highest BCUT2D eigenvalue weighted by atomic mass is 16.2. The standard InChI is InChI=1S/C16H22N4O/c1-16(2,3)18-15(21)12-17-11-13-9-10-20(19-13)14-7-5-4-6-8-14/h4-10,17H,11-12H2,1-3H3,(H,18,21). The highest BCUT2D eigenvalue weighted by molar-refractivity contribution is 5.78. The van der Waals surface area contributed by atoms with Crippen LogP contribution >= 0.6 is 0 Å². The Morgan fingerprint density at radius 3 is 2.57 bits per heavy atom. The molecule has 1 heterocycles. The van der Waals surface area contributed by atoms with Gasteiger partial charge in [-0.2, -0.15) is 5.10 Å². The van der Waals surface area contributed by atoms with E-state index in [-0.39, 0.29) is 18.0 Å². The zero-order valence-corrected chi connectivity index (χ0v) is 12.8. The second-order valence-corrected chi connectivity index (χ2v) is 5.99. The Balaban J connectivity index is 1.83. The van der Waals surface area contributed by atoms with Crippen LogP contribution in [0.3, 0.4) is 0 Å². The monoisotopic (exact) mass is 286 g/mol. The van der Waals surface area contributed by atoms with Gasteiger partial charge in [-0.3, -0.25) is 4.79 Å². The van der Waals surface area contributed by atoms with Crippen LogP contribution in [0.2, 0.25) is 0 Å². The molecule has 2 rings (SSSR count). The lowest BCUT2D eigenvalue weighted by Gasteiger charge is -2.20. The molecule has 0 unspecified atom stereocenters. The van der Waals surface area contributed by atoms with Crippen molar-refractivity contribution >= 4 is 5.91 Å². The summed E-state index contributed by atoms with van der Waals surface area (Å²) in [7, 11) is 0. The number of carbonyl (C=O) groups excluding carboxylic acids is 1. The molecule has 0 radical (unpaired) electrons. The summed E-state index contributed by atoms with van der Waals surface area (Å²) in [5.74, 6) is -0.00927. The number of carbonyl (C=O) groups is 1. The van der Waals surface area contributed by atoms with Crippen molar-refractivity contribution in [2.24, 2.45) is 0 Å². The normalized spacial score (nSPS) is 11.4. The van der Waals surface area contributed by atoms with Crippen LogP contribution in [-0.4, -0.2) is 27.8 Å². The first-order valence-corrected chi connectivity index (χ1v) is 7.06. The summed E-state index contributed by atoms with van der Waals surface area (Å²) in [5.41, 5.74) is 1.73. The molecule has 21 heavy (non-hydrogen) atoms. The number of benzene rings is 1. The van der Waals surface area contributed by atoms with Gasteiger partial charge in [0.2, 0.25) is 5.91 Å². The number of hydrogen-bond acceptors (Lipinski definition) is 3. The van der Waals surface area contributed by atoms with Gasteiger partial charge >= 0.3 is 0 Å². The average molecular weight is 286 g/mol. The second-order valence-electron chi connectivity index (χ2n) is 5.99. The third-order valence-corrected chi connectivity index (χ3v) is 2.77. The van der Waals surface area contributed by atoms with Gasteiger partial charge in [-0.15, -0.1) is 0 Å². The fourth-order valence-corrected chi connectivity index (χ4v) is 1.95. The summed E-state index contributed by atoms with van der Waals surface area (Å²) < 4.78 is 1.83. The Morgan fingerprint density at radius 2 is 1.90 bits per heavy atom. The van der Waals surface area contributed by atoms with Gasteiger partial charge in [-0.05, 0) is 39.0 Å². The van der Waals surface area contributed by atoms with Crippen LogP contribution in [0.25, 0.3) is 5.69 Å². The number of rotatable bonds is 5. The molecule has 0 aliphatic heterocycles. The molecule has 0 atom stereocenters. The van der Waals surface area contributed by atoms with Gasteiger partial charge in [0.05, 0.1) is 17.9 Å². The quantitative estimate of drug-likeness (QED) is 0.882. The minimum atomic E-state index is -0.201. The molecule has 0 saturated heterocycles. The number of nitrogens with zero attached hydrogens (tertiary/aromatic N) is 2. The smallest absolute Gasteiger partial charge is 0.234 e. The molecule has 1 amide bonds. The van der Waals surface area contributed by atoms with E-state index in [2.05, 4.69) is 15.7 Å². The minimum Gasteiger partial charge on any atom is -0.350 e. The predicted molar refractivity (Wildman–Crippen MR) is 83.2 cm³/mol. The van der Waals surface area contributed by atoms with Gasteiger partial charge in [-0.25, -0.2) is 4.68 Å². The van der Waals surface area contributed by atoms with E-state index in [0.29, 0.717) is 6.54 Å². The Bertz CT molecular complexity index is 584. The first kappa shape index (κ1) is 15.3. The highest BCUT2D eigenvalue weighted by Crippen LogP contribution is 2.06. The van der Waals surface area contributed by atoms with E-state index < -0.39 is 0 Å². The average Bonchev–Trinajstić information content (AvgIpc) is 2.86. The van der Waals surface area contributed by atoms with Crippen LogP contribution in [0, 0.1) is 0 Å². The molecule has 112 valence electrons. The summed E-state index contributed by atoms with van der Waals surface area (Å²) in [6.07, 6.45) is 1.92. The van der Waals surface area contributed by atoms with Crippen LogP contribution in [0.4, 0.5) is 0 Å². The Kier molecular flexibility index (Phi) is 4.75. The Hall–Kier alpha value is -2.14. The van der Waals surface area contributed by atoms with E-state index in [0.717, 1.165) is 11.4 Å². The van der Waals surface area contributed by atoms with E-state index in [4.69, 9.17) is 0 Å². The molecular formula is C16H22N4O. The lowest BCUT2D eigenvalue weighted by molar-refractivity contribution is -0.121. The van der Waals surface area contributed by atoms with E-state index in [9.17, 15) is 4.79 Å². The van der Waals surface area contributed by atoms with Crippen LogP contribution in [0.5, 0.6) is 0 Å². The van der Waals surface area contributed by atoms with Gasteiger partial charge in [0.15, 0.2) is 0 Å². The first-order valence-electron chi connectivity index (χ1n) is 7.06. The number of para-hydroxylation sites is 1. The van der Waals surface area contributed by atoms with Crippen molar-refractivity contribution in [1.82, 2.24) is 20.4 Å². The molecule has 1 aromatic carbocycles. The summed E-state index contributed by atoms with van der Waals surface area (Å²) in [5, 5.41) is 10.5. The number of aromatic nitrogens is 2. The van der Waals surface area contributed by atoms with E-state index in [1.165, 1.54) is 0 Å².